The molecule has 0 amide bonds. The van der Waals surface area contributed by atoms with Crippen molar-refractivity contribution in [2.75, 3.05) is 0 Å². The van der Waals surface area contributed by atoms with Gasteiger partial charge >= 0.3 is 0 Å². The number of hydrogen-bond donors (Lipinski definition) is 0. The minimum Gasteiger partial charge on any atom is -0.286 e. The van der Waals surface area contributed by atoms with Crippen molar-refractivity contribution < 1.29 is 9.59 Å². The maximum Gasteiger partial charge on any atom is 0.225 e. The molecular formula is C21H34O2. The second kappa shape index (κ2) is 13.3. The van der Waals surface area contributed by atoms with Crippen LogP contribution in [0.15, 0.2) is 23.8 Å². The summed E-state index contributed by atoms with van der Waals surface area (Å²) in [4.78, 5) is 22.3. The summed E-state index contributed by atoms with van der Waals surface area (Å²) in [6.45, 7) is 2.27. The molecule has 130 valence electrons. The lowest BCUT2D eigenvalue weighted by Gasteiger charge is -2.06. The highest BCUT2D eigenvalue weighted by Gasteiger charge is 2.12. The summed E-state index contributed by atoms with van der Waals surface area (Å²) >= 11 is 0. The fourth-order valence-electron chi connectivity index (χ4n) is 3.05. The summed E-state index contributed by atoms with van der Waals surface area (Å²) in [6, 6.07) is 0. The Bertz CT molecular complexity index is 404. The molecule has 2 heteroatoms. The summed E-state index contributed by atoms with van der Waals surface area (Å²) in [5.74, 6) is -0.753. The van der Waals surface area contributed by atoms with Gasteiger partial charge in [0.05, 0.1) is 0 Å². The van der Waals surface area contributed by atoms with Crippen LogP contribution >= 0.6 is 0 Å². The predicted octanol–water partition coefficient (Wildman–Crippen LogP) is 6.10. The van der Waals surface area contributed by atoms with Crippen LogP contribution in [0.1, 0.15) is 96.8 Å². The largest absolute Gasteiger partial charge is 0.286 e. The lowest BCUT2D eigenvalue weighted by molar-refractivity contribution is -0.131. The molecule has 1 aliphatic carbocycles. The Morgan fingerprint density at radius 2 is 1.09 bits per heavy atom. The highest BCUT2D eigenvalue weighted by Crippen LogP contribution is 2.16. The van der Waals surface area contributed by atoms with Gasteiger partial charge in [-0.25, -0.2) is 0 Å². The van der Waals surface area contributed by atoms with Crippen LogP contribution in [0.25, 0.3) is 0 Å². The molecule has 0 N–H and O–H groups in total. The molecule has 0 saturated carbocycles. The van der Waals surface area contributed by atoms with E-state index in [1.54, 1.807) is 6.08 Å². The molecule has 0 aromatic carbocycles. The van der Waals surface area contributed by atoms with Crippen LogP contribution in [0, 0.1) is 0 Å². The number of ketones is 2. The van der Waals surface area contributed by atoms with Gasteiger partial charge in [-0.3, -0.25) is 9.59 Å². The van der Waals surface area contributed by atoms with Gasteiger partial charge in [-0.1, -0.05) is 90.0 Å². The number of rotatable bonds is 14. The maximum absolute atomic E-state index is 11.3. The van der Waals surface area contributed by atoms with E-state index in [-0.39, 0.29) is 11.6 Å². The fraction of sp³-hybridized carbons (Fsp3) is 0.714. The van der Waals surface area contributed by atoms with E-state index >= 15 is 0 Å². The number of carbonyl (C=O) groups excluding carboxylic acids is 2. The van der Waals surface area contributed by atoms with Gasteiger partial charge in [-0.2, -0.15) is 0 Å². The van der Waals surface area contributed by atoms with Crippen LogP contribution in [0.3, 0.4) is 0 Å². The van der Waals surface area contributed by atoms with Gasteiger partial charge in [0, 0.05) is 0 Å². The van der Waals surface area contributed by atoms with Gasteiger partial charge in [0.25, 0.3) is 0 Å². The first kappa shape index (κ1) is 19.9. The molecule has 0 radical (unpaired) electrons. The summed E-state index contributed by atoms with van der Waals surface area (Å²) in [5.41, 5.74) is 1.01. The standard InChI is InChI=1S/C21H34O2/c1-2-3-4-5-6-7-8-9-10-11-12-13-14-15-19-16-17-20(22)21(23)18-19/h16-18H,2-15H2,1H3. The van der Waals surface area contributed by atoms with Crippen LogP contribution in [0.4, 0.5) is 0 Å². The van der Waals surface area contributed by atoms with Gasteiger partial charge in [0.1, 0.15) is 0 Å². The van der Waals surface area contributed by atoms with E-state index in [4.69, 9.17) is 0 Å². The molecule has 0 aliphatic heterocycles. The molecule has 0 unspecified atom stereocenters. The smallest absolute Gasteiger partial charge is 0.225 e. The van der Waals surface area contributed by atoms with Crippen molar-refractivity contribution >= 4 is 11.6 Å². The van der Waals surface area contributed by atoms with Crippen molar-refractivity contribution in [3.63, 3.8) is 0 Å². The molecule has 0 atom stereocenters. The predicted molar refractivity (Wildman–Crippen MR) is 97.5 cm³/mol. The molecular weight excluding hydrogens is 284 g/mol. The molecule has 1 aliphatic rings. The second-order valence-electron chi connectivity index (χ2n) is 6.77. The van der Waals surface area contributed by atoms with Crippen LogP contribution in [0.2, 0.25) is 0 Å². The maximum atomic E-state index is 11.3. The highest BCUT2D eigenvalue weighted by molar-refractivity contribution is 6.46. The van der Waals surface area contributed by atoms with Crippen molar-refractivity contribution in [1.82, 2.24) is 0 Å². The summed E-state index contributed by atoms with van der Waals surface area (Å²) in [7, 11) is 0. The zero-order valence-corrected chi connectivity index (χ0v) is 14.9. The van der Waals surface area contributed by atoms with E-state index in [9.17, 15) is 9.59 Å². The first-order chi connectivity index (χ1) is 11.2. The van der Waals surface area contributed by atoms with E-state index in [0.717, 1.165) is 18.4 Å². The van der Waals surface area contributed by atoms with Crippen molar-refractivity contribution in [2.45, 2.75) is 96.8 Å². The Morgan fingerprint density at radius 1 is 0.609 bits per heavy atom. The van der Waals surface area contributed by atoms with E-state index < -0.39 is 0 Å². The quantitative estimate of drug-likeness (QED) is 0.220. The third-order valence-corrected chi connectivity index (χ3v) is 4.58. The lowest BCUT2D eigenvalue weighted by atomic mass is 9.99. The molecule has 0 saturated heterocycles. The van der Waals surface area contributed by atoms with Crippen molar-refractivity contribution in [1.29, 1.82) is 0 Å². The highest BCUT2D eigenvalue weighted by atomic mass is 16.2. The summed E-state index contributed by atoms with van der Waals surface area (Å²) in [5, 5.41) is 0. The number of carbonyl (C=O) groups is 2. The minimum atomic E-state index is -0.390. The Morgan fingerprint density at radius 3 is 1.57 bits per heavy atom. The molecule has 0 aromatic rings. The van der Waals surface area contributed by atoms with E-state index in [1.165, 1.54) is 89.2 Å². The Hall–Kier alpha value is -1.18. The molecule has 0 aromatic heterocycles. The van der Waals surface area contributed by atoms with Crippen LogP contribution < -0.4 is 0 Å². The van der Waals surface area contributed by atoms with E-state index in [0.29, 0.717) is 0 Å². The molecule has 2 nitrogen and oxygen atoms in total. The number of unbranched alkanes of at least 4 members (excludes halogenated alkanes) is 12. The number of allylic oxidation sites excluding steroid dienone is 4. The van der Waals surface area contributed by atoms with Crippen LogP contribution in [-0.4, -0.2) is 11.6 Å². The normalized spacial score (nSPS) is 14.4. The van der Waals surface area contributed by atoms with E-state index in [1.807, 2.05) is 0 Å². The minimum absolute atomic E-state index is 0.364. The average molecular weight is 319 g/mol. The number of hydrogen-bond acceptors (Lipinski definition) is 2. The zero-order chi connectivity index (χ0) is 16.8. The SMILES string of the molecule is CCCCCCCCCCCCCCCC1=CC(=O)C(=O)C=C1. The average Bonchev–Trinajstić information content (AvgIpc) is 2.55. The monoisotopic (exact) mass is 318 g/mol. The Balaban J connectivity index is 1.83. The molecule has 1 rings (SSSR count). The second-order valence-corrected chi connectivity index (χ2v) is 6.77. The molecule has 0 fully saturated rings. The molecule has 0 bridgehead atoms. The fourth-order valence-corrected chi connectivity index (χ4v) is 3.05. The molecule has 0 heterocycles. The third kappa shape index (κ3) is 10.3. The third-order valence-electron chi connectivity index (χ3n) is 4.58. The molecule has 23 heavy (non-hydrogen) atoms. The summed E-state index contributed by atoms with van der Waals surface area (Å²) < 4.78 is 0. The van der Waals surface area contributed by atoms with Crippen molar-refractivity contribution in [3.05, 3.63) is 23.8 Å². The van der Waals surface area contributed by atoms with Gasteiger partial charge in [-0.15, -0.1) is 0 Å². The van der Waals surface area contributed by atoms with E-state index in [2.05, 4.69) is 6.92 Å². The Kier molecular flexibility index (Phi) is 11.5. The Labute approximate surface area is 142 Å². The topological polar surface area (TPSA) is 34.1 Å². The summed E-state index contributed by atoms with van der Waals surface area (Å²) in [6.07, 6.45) is 23.2. The van der Waals surface area contributed by atoms with Crippen molar-refractivity contribution in [3.8, 4) is 0 Å². The van der Waals surface area contributed by atoms with Gasteiger partial charge in [-0.05, 0) is 30.6 Å². The lowest BCUT2D eigenvalue weighted by Crippen LogP contribution is -2.11. The molecule has 0 spiro atoms. The zero-order valence-electron chi connectivity index (χ0n) is 14.9. The van der Waals surface area contributed by atoms with Gasteiger partial charge < -0.3 is 0 Å². The van der Waals surface area contributed by atoms with Gasteiger partial charge in [0.15, 0.2) is 0 Å². The van der Waals surface area contributed by atoms with Gasteiger partial charge in [0.2, 0.25) is 11.6 Å². The van der Waals surface area contributed by atoms with Crippen LogP contribution in [-0.2, 0) is 9.59 Å². The van der Waals surface area contributed by atoms with Crippen molar-refractivity contribution in [2.24, 2.45) is 0 Å². The first-order valence-corrected chi connectivity index (χ1v) is 9.71. The first-order valence-electron chi connectivity index (χ1n) is 9.71. The van der Waals surface area contributed by atoms with Crippen LogP contribution in [0.5, 0.6) is 0 Å².